The fourth-order valence-corrected chi connectivity index (χ4v) is 7.03. The molecule has 0 saturated carbocycles. The zero-order valence-electron chi connectivity index (χ0n) is 23.0. The van der Waals surface area contributed by atoms with E-state index in [1.807, 2.05) is 32.0 Å². The van der Waals surface area contributed by atoms with Crippen molar-refractivity contribution in [2.75, 3.05) is 4.90 Å². The van der Waals surface area contributed by atoms with E-state index in [1.54, 1.807) is 22.7 Å². The first kappa shape index (κ1) is 28.5. The molecule has 0 aromatic heterocycles. The van der Waals surface area contributed by atoms with Crippen LogP contribution in [-0.2, 0) is 10.5 Å². The number of nitriles is 1. The Hall–Kier alpha value is -4.06. The molecule has 0 fully saturated rings. The molecule has 1 unspecified atom stereocenters. The lowest BCUT2D eigenvalue weighted by atomic mass is 9.73. The molecular formula is C32H29ClN4O3S. The fraction of sp³-hybridized carbons (Fsp3) is 0.250. The molecule has 1 atom stereocenters. The number of ketones is 1. The van der Waals surface area contributed by atoms with E-state index in [4.69, 9.17) is 17.3 Å². The lowest BCUT2D eigenvalue weighted by Crippen LogP contribution is -2.39. The van der Waals surface area contributed by atoms with Crippen molar-refractivity contribution in [2.24, 2.45) is 5.73 Å². The van der Waals surface area contributed by atoms with Gasteiger partial charge in [-0.1, -0.05) is 47.5 Å². The number of carbonyl (C=O) groups is 1. The van der Waals surface area contributed by atoms with Gasteiger partial charge in [-0.3, -0.25) is 19.8 Å². The smallest absolute Gasteiger partial charge is 0.289 e. The minimum atomic E-state index is -0.622. The predicted octanol–water partition coefficient (Wildman–Crippen LogP) is 7.77. The number of allylic oxidation sites excluding steroid dienone is 3. The van der Waals surface area contributed by atoms with Crippen LogP contribution in [-0.4, -0.2) is 10.7 Å². The number of nitrogens with two attached hydrogens (primary N) is 1. The van der Waals surface area contributed by atoms with Crippen LogP contribution >= 0.6 is 23.4 Å². The quantitative estimate of drug-likeness (QED) is 0.179. The van der Waals surface area contributed by atoms with Crippen LogP contribution in [0.2, 0.25) is 5.02 Å². The summed E-state index contributed by atoms with van der Waals surface area (Å²) in [5.41, 5.74) is 13.6. The molecule has 3 aromatic rings. The lowest BCUT2D eigenvalue weighted by molar-refractivity contribution is -0.384. The Kier molecular flexibility index (Phi) is 7.94. The monoisotopic (exact) mass is 584 g/mol. The van der Waals surface area contributed by atoms with Crippen molar-refractivity contribution in [1.82, 2.24) is 0 Å². The van der Waals surface area contributed by atoms with E-state index in [2.05, 4.69) is 31.2 Å². The van der Waals surface area contributed by atoms with Crippen LogP contribution < -0.4 is 10.6 Å². The molecule has 0 amide bonds. The van der Waals surface area contributed by atoms with Gasteiger partial charge >= 0.3 is 0 Å². The summed E-state index contributed by atoms with van der Waals surface area (Å²) in [7, 11) is 0. The summed E-state index contributed by atoms with van der Waals surface area (Å²) in [5, 5.41) is 22.1. The van der Waals surface area contributed by atoms with E-state index >= 15 is 0 Å². The summed E-state index contributed by atoms with van der Waals surface area (Å²) in [4.78, 5) is 27.5. The summed E-state index contributed by atoms with van der Waals surface area (Å²) in [6.07, 6.45) is 1.54. The van der Waals surface area contributed by atoms with Gasteiger partial charge in [0.1, 0.15) is 10.8 Å². The first-order chi connectivity index (χ1) is 19.6. The van der Waals surface area contributed by atoms with Crippen molar-refractivity contribution in [1.29, 1.82) is 5.26 Å². The number of nitrogens with zero attached hydrogens (tertiary/aromatic N) is 3. The predicted molar refractivity (Wildman–Crippen MR) is 163 cm³/mol. The molecule has 2 aliphatic rings. The number of thioether (sulfide) groups is 1. The molecule has 0 radical (unpaired) electrons. The third-order valence-electron chi connectivity index (χ3n) is 7.79. The Morgan fingerprint density at radius 3 is 2.61 bits per heavy atom. The summed E-state index contributed by atoms with van der Waals surface area (Å²) >= 11 is 7.84. The number of benzene rings is 3. The average molecular weight is 585 g/mol. The maximum atomic E-state index is 13.6. The number of Topliss-reactive ketones (excluding diaryl/α,β-unsaturated/α-hetero) is 1. The van der Waals surface area contributed by atoms with Crippen LogP contribution in [0.15, 0.2) is 82.2 Å². The Bertz CT molecular complexity index is 1710. The molecule has 0 spiro atoms. The first-order valence-corrected chi connectivity index (χ1v) is 14.7. The molecule has 208 valence electrons. The van der Waals surface area contributed by atoms with Crippen LogP contribution in [0.5, 0.6) is 0 Å². The number of carbonyl (C=O) groups excluding carboxylic acids is 1. The highest BCUT2D eigenvalue weighted by molar-refractivity contribution is 7.98. The number of rotatable bonds is 6. The second-order valence-corrected chi connectivity index (χ2v) is 11.8. The zero-order chi connectivity index (χ0) is 29.4. The summed E-state index contributed by atoms with van der Waals surface area (Å²) < 4.78 is 0. The van der Waals surface area contributed by atoms with E-state index in [1.165, 1.54) is 22.6 Å². The van der Waals surface area contributed by atoms with Crippen molar-refractivity contribution in [3.63, 3.8) is 0 Å². The molecule has 1 aliphatic heterocycles. The van der Waals surface area contributed by atoms with E-state index in [9.17, 15) is 20.2 Å². The molecule has 9 heteroatoms. The largest absolute Gasteiger partial charge is 0.384 e. The van der Waals surface area contributed by atoms with Gasteiger partial charge in [0, 0.05) is 34.4 Å². The van der Waals surface area contributed by atoms with Gasteiger partial charge in [-0.25, -0.2) is 0 Å². The summed E-state index contributed by atoms with van der Waals surface area (Å²) in [5.74, 6) is 0.240. The number of hydrogen-bond donors (Lipinski definition) is 1. The van der Waals surface area contributed by atoms with Gasteiger partial charge in [0.15, 0.2) is 5.78 Å². The zero-order valence-corrected chi connectivity index (χ0v) is 24.6. The number of hydrogen-bond acceptors (Lipinski definition) is 7. The van der Waals surface area contributed by atoms with E-state index < -0.39 is 10.8 Å². The normalized spacial score (nSPS) is 17.0. The number of halogens is 1. The van der Waals surface area contributed by atoms with Gasteiger partial charge < -0.3 is 5.73 Å². The maximum Gasteiger partial charge on any atom is 0.289 e. The molecule has 41 heavy (non-hydrogen) atoms. The van der Waals surface area contributed by atoms with Gasteiger partial charge in [0.05, 0.1) is 28.2 Å². The van der Waals surface area contributed by atoms with Crippen LogP contribution in [0.1, 0.15) is 53.0 Å². The minimum Gasteiger partial charge on any atom is -0.384 e. The molecule has 7 nitrogen and oxygen atoms in total. The van der Waals surface area contributed by atoms with E-state index in [0.717, 1.165) is 28.0 Å². The second-order valence-electron chi connectivity index (χ2n) is 10.4. The molecule has 5 rings (SSSR count). The van der Waals surface area contributed by atoms with Crippen molar-refractivity contribution < 1.29 is 9.72 Å². The van der Waals surface area contributed by atoms with Crippen LogP contribution in [0.3, 0.4) is 0 Å². The van der Waals surface area contributed by atoms with Gasteiger partial charge in [0.25, 0.3) is 5.69 Å². The highest BCUT2D eigenvalue weighted by atomic mass is 35.5. The Balaban J connectivity index is 1.66. The third-order valence-corrected chi connectivity index (χ3v) is 9.33. The lowest BCUT2D eigenvalue weighted by Gasteiger charge is -2.40. The molecule has 1 aliphatic carbocycles. The minimum absolute atomic E-state index is 0.00269. The highest BCUT2D eigenvalue weighted by Gasteiger charge is 2.41. The molecule has 2 N–H and O–H groups in total. The molecule has 3 aromatic carbocycles. The standard InChI is InChI=1S/C32H29ClN4O3S/c1-18-13-21(17-41-29-10-5-4-7-19(29)2)20(3)23(14-18)30-24(16-34)32(35)36(26-8-6-9-28(38)31(26)30)22-11-12-25(33)27(15-22)37(39)40/h4-5,7,10-15,30H,6,8-9,17,35H2,1-3H3. The van der Waals surface area contributed by atoms with Gasteiger partial charge in [-0.05, 0) is 74.1 Å². The van der Waals surface area contributed by atoms with Crippen molar-refractivity contribution in [2.45, 2.75) is 56.6 Å². The van der Waals surface area contributed by atoms with Crippen molar-refractivity contribution in [3.05, 3.63) is 120 Å². The molecule has 0 bridgehead atoms. The van der Waals surface area contributed by atoms with Crippen LogP contribution in [0, 0.1) is 42.2 Å². The molecule has 0 saturated heterocycles. The Morgan fingerprint density at radius 2 is 1.90 bits per heavy atom. The van der Waals surface area contributed by atoms with E-state index in [-0.39, 0.29) is 27.9 Å². The van der Waals surface area contributed by atoms with Crippen molar-refractivity contribution >= 4 is 40.5 Å². The van der Waals surface area contributed by atoms with Crippen molar-refractivity contribution in [3.8, 4) is 6.07 Å². The molecule has 1 heterocycles. The number of aryl methyl sites for hydroxylation is 2. The SMILES string of the molecule is Cc1cc(CSc2ccccc2C)c(C)c(C2C(C#N)=C(N)N(c3ccc(Cl)c([N+](=O)[O-])c3)C3=C2C(=O)CCC3)c1. The number of nitro groups is 1. The Morgan fingerprint density at radius 1 is 1.15 bits per heavy atom. The Labute approximate surface area is 248 Å². The molecular weight excluding hydrogens is 556 g/mol. The van der Waals surface area contributed by atoms with Gasteiger partial charge in [-0.15, -0.1) is 11.8 Å². The number of anilines is 1. The van der Waals surface area contributed by atoms with E-state index in [0.29, 0.717) is 36.2 Å². The first-order valence-electron chi connectivity index (χ1n) is 13.3. The third kappa shape index (κ3) is 5.23. The summed E-state index contributed by atoms with van der Waals surface area (Å²) in [6, 6.07) is 19.2. The van der Waals surface area contributed by atoms with Crippen LogP contribution in [0.25, 0.3) is 0 Å². The van der Waals surface area contributed by atoms with Crippen LogP contribution in [0.4, 0.5) is 11.4 Å². The van der Waals surface area contributed by atoms with Gasteiger partial charge in [0.2, 0.25) is 0 Å². The average Bonchev–Trinajstić information content (AvgIpc) is 2.94. The fourth-order valence-electron chi connectivity index (χ4n) is 5.76. The topological polar surface area (TPSA) is 113 Å². The summed E-state index contributed by atoms with van der Waals surface area (Å²) in [6.45, 7) is 6.15. The second kappa shape index (κ2) is 11.4. The highest BCUT2D eigenvalue weighted by Crippen LogP contribution is 2.48. The maximum absolute atomic E-state index is 13.6. The van der Waals surface area contributed by atoms with Gasteiger partial charge in [-0.2, -0.15) is 5.26 Å². The number of nitro benzene ring substituents is 1.